The molecule has 1 saturated heterocycles. The van der Waals surface area contributed by atoms with Crippen molar-refractivity contribution in [2.45, 2.75) is 32.4 Å². The third-order valence-electron chi connectivity index (χ3n) is 4.58. The largest absolute Gasteiger partial charge is 0.340 e. The van der Waals surface area contributed by atoms with Gasteiger partial charge in [-0.1, -0.05) is 30.3 Å². The first-order valence-electron chi connectivity index (χ1n) is 8.22. The summed E-state index contributed by atoms with van der Waals surface area (Å²) in [6.45, 7) is 3.28. The number of thiophene rings is 1. The molecule has 2 amide bonds. The van der Waals surface area contributed by atoms with Crippen LogP contribution in [-0.4, -0.2) is 41.2 Å². The van der Waals surface area contributed by atoms with E-state index in [0.29, 0.717) is 18.0 Å². The molecule has 1 atom stereocenters. The second-order valence-corrected chi connectivity index (χ2v) is 7.20. The number of rotatable bonds is 4. The standard InChI is InChI=1S/C19H22N2O2S/c1-14-7-3-4-8-15(14)13-20(2)18(22)16-9-5-11-21(16)19(23)17-10-6-12-24-17/h3-4,6-8,10,12,16H,5,9,11,13H2,1-2H3/t16-/m0/s1. The zero-order valence-corrected chi connectivity index (χ0v) is 14.9. The first-order chi connectivity index (χ1) is 11.6. The van der Waals surface area contributed by atoms with E-state index in [2.05, 4.69) is 13.0 Å². The lowest BCUT2D eigenvalue weighted by molar-refractivity contribution is -0.134. The van der Waals surface area contributed by atoms with E-state index < -0.39 is 0 Å². The van der Waals surface area contributed by atoms with E-state index in [1.807, 2.05) is 42.8 Å². The van der Waals surface area contributed by atoms with Crippen LogP contribution in [0.2, 0.25) is 0 Å². The van der Waals surface area contributed by atoms with Crippen LogP contribution in [0.3, 0.4) is 0 Å². The molecule has 1 aliphatic heterocycles. The van der Waals surface area contributed by atoms with E-state index >= 15 is 0 Å². The van der Waals surface area contributed by atoms with Crippen LogP contribution in [0.5, 0.6) is 0 Å². The molecule has 1 aromatic heterocycles. The Morgan fingerprint density at radius 1 is 1.25 bits per heavy atom. The lowest BCUT2D eigenvalue weighted by Crippen LogP contribution is -2.46. The van der Waals surface area contributed by atoms with Crippen LogP contribution in [-0.2, 0) is 11.3 Å². The molecule has 1 aromatic carbocycles. The lowest BCUT2D eigenvalue weighted by Gasteiger charge is -2.28. The minimum absolute atomic E-state index is 0.0230. The number of benzene rings is 1. The molecule has 0 bridgehead atoms. The average Bonchev–Trinajstić information content (AvgIpc) is 3.27. The summed E-state index contributed by atoms with van der Waals surface area (Å²) in [4.78, 5) is 29.7. The van der Waals surface area contributed by atoms with Gasteiger partial charge in [0.05, 0.1) is 4.88 Å². The molecule has 1 aliphatic rings. The van der Waals surface area contributed by atoms with Crippen LogP contribution in [0.4, 0.5) is 0 Å². The summed E-state index contributed by atoms with van der Waals surface area (Å²) in [5.74, 6) is 0.00537. The second kappa shape index (κ2) is 7.18. The number of nitrogens with zero attached hydrogens (tertiary/aromatic N) is 2. The van der Waals surface area contributed by atoms with Gasteiger partial charge in [-0.2, -0.15) is 0 Å². The second-order valence-electron chi connectivity index (χ2n) is 6.25. The number of hydrogen-bond donors (Lipinski definition) is 0. The summed E-state index contributed by atoms with van der Waals surface area (Å²) in [6, 6.07) is 11.4. The van der Waals surface area contributed by atoms with E-state index in [4.69, 9.17) is 0 Å². The van der Waals surface area contributed by atoms with Gasteiger partial charge in [0, 0.05) is 20.1 Å². The van der Waals surface area contributed by atoms with Gasteiger partial charge in [-0.05, 0) is 42.3 Å². The maximum atomic E-state index is 12.9. The van der Waals surface area contributed by atoms with Gasteiger partial charge in [0.15, 0.2) is 0 Å². The first kappa shape index (κ1) is 16.7. The molecule has 3 rings (SSSR count). The quantitative estimate of drug-likeness (QED) is 0.855. The minimum atomic E-state index is -0.339. The normalized spacial score (nSPS) is 17.1. The molecule has 2 aromatic rings. The van der Waals surface area contributed by atoms with Crippen LogP contribution in [0.1, 0.15) is 33.6 Å². The van der Waals surface area contributed by atoms with Gasteiger partial charge in [-0.15, -0.1) is 11.3 Å². The van der Waals surface area contributed by atoms with Crippen molar-refractivity contribution in [3.05, 3.63) is 57.8 Å². The topological polar surface area (TPSA) is 40.6 Å². The van der Waals surface area contributed by atoms with Crippen LogP contribution in [0.25, 0.3) is 0 Å². The number of carbonyl (C=O) groups excluding carboxylic acids is 2. The number of likely N-dealkylation sites (tertiary alicyclic amines) is 1. The van der Waals surface area contributed by atoms with Crippen molar-refractivity contribution in [3.63, 3.8) is 0 Å². The third kappa shape index (κ3) is 3.36. The Morgan fingerprint density at radius 3 is 2.75 bits per heavy atom. The summed E-state index contributed by atoms with van der Waals surface area (Å²) >= 11 is 1.43. The Kier molecular flexibility index (Phi) is 5.00. The molecule has 0 saturated carbocycles. The van der Waals surface area contributed by atoms with Crippen molar-refractivity contribution in [1.82, 2.24) is 9.80 Å². The monoisotopic (exact) mass is 342 g/mol. The number of aryl methyl sites for hydroxylation is 1. The smallest absolute Gasteiger partial charge is 0.264 e. The summed E-state index contributed by atoms with van der Waals surface area (Å²) in [5.41, 5.74) is 2.32. The van der Waals surface area contributed by atoms with Crippen molar-refractivity contribution in [2.75, 3.05) is 13.6 Å². The molecule has 126 valence electrons. The van der Waals surface area contributed by atoms with Gasteiger partial charge in [0.25, 0.3) is 5.91 Å². The number of likely N-dealkylation sites (N-methyl/N-ethyl adjacent to an activating group) is 1. The number of carbonyl (C=O) groups is 2. The predicted octanol–water partition coefficient (Wildman–Crippen LogP) is 3.32. The molecular weight excluding hydrogens is 320 g/mol. The fourth-order valence-electron chi connectivity index (χ4n) is 3.18. The summed E-state index contributed by atoms with van der Waals surface area (Å²) in [5, 5.41) is 1.89. The fourth-order valence-corrected chi connectivity index (χ4v) is 3.86. The lowest BCUT2D eigenvalue weighted by atomic mass is 10.1. The maximum Gasteiger partial charge on any atom is 0.264 e. The Bertz CT molecular complexity index is 727. The number of hydrogen-bond acceptors (Lipinski definition) is 3. The molecule has 1 fully saturated rings. The summed E-state index contributed by atoms with van der Waals surface area (Å²) < 4.78 is 0. The van der Waals surface area contributed by atoms with Gasteiger partial charge in [0.2, 0.25) is 5.91 Å². The molecule has 4 nitrogen and oxygen atoms in total. The average molecular weight is 342 g/mol. The zero-order valence-electron chi connectivity index (χ0n) is 14.1. The summed E-state index contributed by atoms with van der Waals surface area (Å²) in [6.07, 6.45) is 1.62. The highest BCUT2D eigenvalue weighted by molar-refractivity contribution is 7.12. The maximum absolute atomic E-state index is 12.9. The Labute approximate surface area is 146 Å². The molecule has 0 spiro atoms. The highest BCUT2D eigenvalue weighted by Gasteiger charge is 2.36. The first-order valence-corrected chi connectivity index (χ1v) is 9.10. The SMILES string of the molecule is Cc1ccccc1CN(C)C(=O)[C@@H]1CCCN1C(=O)c1cccs1. The predicted molar refractivity (Wildman–Crippen MR) is 96.0 cm³/mol. The van der Waals surface area contributed by atoms with Crippen molar-refractivity contribution in [2.24, 2.45) is 0 Å². The molecule has 0 N–H and O–H groups in total. The van der Waals surface area contributed by atoms with Gasteiger partial charge in [0.1, 0.15) is 6.04 Å². The highest BCUT2D eigenvalue weighted by atomic mass is 32.1. The van der Waals surface area contributed by atoms with E-state index in [9.17, 15) is 9.59 Å². The minimum Gasteiger partial charge on any atom is -0.340 e. The summed E-state index contributed by atoms with van der Waals surface area (Å²) in [7, 11) is 1.82. The van der Waals surface area contributed by atoms with Crippen LogP contribution >= 0.6 is 11.3 Å². The Hall–Kier alpha value is -2.14. The molecule has 2 heterocycles. The number of amides is 2. The fraction of sp³-hybridized carbons (Fsp3) is 0.368. The molecule has 0 unspecified atom stereocenters. The molecule has 5 heteroatoms. The van der Waals surface area contributed by atoms with E-state index in [-0.39, 0.29) is 17.9 Å². The Balaban J connectivity index is 1.71. The van der Waals surface area contributed by atoms with Crippen LogP contribution in [0, 0.1) is 6.92 Å². The van der Waals surface area contributed by atoms with Gasteiger partial charge < -0.3 is 9.80 Å². The third-order valence-corrected chi connectivity index (χ3v) is 5.43. The van der Waals surface area contributed by atoms with Gasteiger partial charge in [-0.25, -0.2) is 0 Å². The molecule has 24 heavy (non-hydrogen) atoms. The van der Waals surface area contributed by atoms with E-state index in [0.717, 1.165) is 18.4 Å². The molecular formula is C19H22N2O2S. The molecule has 0 radical (unpaired) electrons. The molecule has 0 aliphatic carbocycles. The highest BCUT2D eigenvalue weighted by Crippen LogP contribution is 2.24. The van der Waals surface area contributed by atoms with Crippen LogP contribution < -0.4 is 0 Å². The van der Waals surface area contributed by atoms with Crippen molar-refractivity contribution < 1.29 is 9.59 Å². The van der Waals surface area contributed by atoms with Gasteiger partial charge in [-0.3, -0.25) is 9.59 Å². The zero-order chi connectivity index (χ0) is 17.1. The van der Waals surface area contributed by atoms with E-state index in [1.54, 1.807) is 9.80 Å². The van der Waals surface area contributed by atoms with Gasteiger partial charge >= 0.3 is 0 Å². The Morgan fingerprint density at radius 2 is 2.04 bits per heavy atom. The van der Waals surface area contributed by atoms with Crippen LogP contribution in [0.15, 0.2) is 41.8 Å². The van der Waals surface area contributed by atoms with Crippen molar-refractivity contribution >= 4 is 23.2 Å². The van der Waals surface area contributed by atoms with Crippen molar-refractivity contribution in [1.29, 1.82) is 0 Å². The van der Waals surface area contributed by atoms with Crippen molar-refractivity contribution in [3.8, 4) is 0 Å². The van der Waals surface area contributed by atoms with E-state index in [1.165, 1.54) is 16.9 Å².